The highest BCUT2D eigenvalue weighted by Gasteiger charge is 2.02. The van der Waals surface area contributed by atoms with Crippen molar-refractivity contribution in [2.24, 2.45) is 0 Å². The molecule has 0 aliphatic carbocycles. The van der Waals surface area contributed by atoms with Crippen LogP contribution < -0.4 is 5.48 Å². The minimum absolute atomic E-state index is 0.0250. The Labute approximate surface area is 93.6 Å². The van der Waals surface area contributed by atoms with E-state index < -0.39 is 5.91 Å². The van der Waals surface area contributed by atoms with Crippen molar-refractivity contribution in [3.05, 3.63) is 41.5 Å². The number of carbonyl (C=O) groups excluding carboxylic acids is 2. The van der Waals surface area contributed by atoms with Gasteiger partial charge >= 0.3 is 0 Å². The Balaban J connectivity index is 2.86. The van der Waals surface area contributed by atoms with Crippen LogP contribution in [0.1, 0.15) is 29.3 Å². The highest BCUT2D eigenvalue weighted by molar-refractivity contribution is 5.95. The minimum atomic E-state index is -0.572. The van der Waals surface area contributed by atoms with E-state index in [9.17, 15) is 9.59 Å². The van der Waals surface area contributed by atoms with Gasteiger partial charge in [0, 0.05) is 12.0 Å². The zero-order valence-corrected chi connectivity index (χ0v) is 8.93. The summed E-state index contributed by atoms with van der Waals surface area (Å²) in [5.74, 6) is -0.547. The van der Waals surface area contributed by atoms with Gasteiger partial charge in [0.2, 0.25) is 0 Å². The molecule has 2 N–H and O–H groups in total. The Hall–Kier alpha value is -1.94. The van der Waals surface area contributed by atoms with E-state index in [1.165, 1.54) is 6.08 Å². The van der Waals surface area contributed by atoms with Crippen molar-refractivity contribution in [3.63, 3.8) is 0 Å². The largest absolute Gasteiger partial charge is 0.295 e. The molecular weight excluding hydrogens is 206 g/mol. The van der Waals surface area contributed by atoms with Gasteiger partial charge in [0.1, 0.15) is 0 Å². The van der Waals surface area contributed by atoms with E-state index in [0.29, 0.717) is 12.0 Å². The quantitative estimate of drug-likeness (QED) is 0.461. The molecule has 0 saturated heterocycles. The molecule has 4 heteroatoms. The standard InChI is InChI=1S/C12H13NO3/c1-2-11(14)7-6-9-4-3-5-10(8-9)12(15)13-16/h3-8,16H,2H2,1H3,(H,13,15)/b7-6+. The number of carbonyl (C=O) groups is 2. The average molecular weight is 219 g/mol. The fourth-order valence-electron chi connectivity index (χ4n) is 1.16. The van der Waals surface area contributed by atoms with Gasteiger partial charge in [0.25, 0.3) is 5.91 Å². The van der Waals surface area contributed by atoms with Gasteiger partial charge in [-0.1, -0.05) is 25.1 Å². The van der Waals surface area contributed by atoms with Gasteiger partial charge in [-0.15, -0.1) is 0 Å². The number of hydroxylamine groups is 1. The Bertz CT molecular complexity index is 424. The molecule has 1 amide bonds. The first-order valence-corrected chi connectivity index (χ1v) is 4.92. The van der Waals surface area contributed by atoms with Gasteiger partial charge in [-0.25, -0.2) is 5.48 Å². The fourth-order valence-corrected chi connectivity index (χ4v) is 1.16. The number of ketones is 1. The maximum absolute atomic E-state index is 11.1. The maximum atomic E-state index is 11.1. The summed E-state index contributed by atoms with van der Waals surface area (Å²) in [5.41, 5.74) is 2.63. The zero-order chi connectivity index (χ0) is 12.0. The third-order valence-electron chi connectivity index (χ3n) is 2.06. The van der Waals surface area contributed by atoms with Crippen molar-refractivity contribution >= 4 is 17.8 Å². The molecule has 0 aliphatic heterocycles. The second-order valence-electron chi connectivity index (χ2n) is 3.22. The summed E-state index contributed by atoms with van der Waals surface area (Å²) in [6.07, 6.45) is 3.56. The van der Waals surface area contributed by atoms with Gasteiger partial charge in [-0.05, 0) is 23.8 Å². The van der Waals surface area contributed by atoms with E-state index in [1.807, 2.05) is 0 Å². The number of benzene rings is 1. The smallest absolute Gasteiger partial charge is 0.274 e. The number of amides is 1. The molecule has 0 unspecified atom stereocenters. The van der Waals surface area contributed by atoms with Crippen molar-refractivity contribution < 1.29 is 14.8 Å². The van der Waals surface area contributed by atoms with Crippen LogP contribution in [-0.4, -0.2) is 16.9 Å². The van der Waals surface area contributed by atoms with Crippen molar-refractivity contribution in [2.45, 2.75) is 13.3 Å². The molecule has 0 saturated carbocycles. The molecule has 0 atom stereocenters. The van der Waals surface area contributed by atoms with Crippen LogP contribution in [0.15, 0.2) is 30.3 Å². The molecule has 0 bridgehead atoms. The minimum Gasteiger partial charge on any atom is -0.295 e. The van der Waals surface area contributed by atoms with Crippen molar-refractivity contribution in [1.82, 2.24) is 5.48 Å². The third kappa shape index (κ3) is 3.33. The second-order valence-corrected chi connectivity index (χ2v) is 3.22. The van der Waals surface area contributed by atoms with E-state index in [4.69, 9.17) is 5.21 Å². The molecule has 0 heterocycles. The van der Waals surface area contributed by atoms with Crippen LogP contribution in [-0.2, 0) is 4.79 Å². The molecule has 0 spiro atoms. The first-order valence-electron chi connectivity index (χ1n) is 4.92. The lowest BCUT2D eigenvalue weighted by Gasteiger charge is -1.99. The SMILES string of the molecule is CCC(=O)/C=C/c1cccc(C(=O)NO)c1. The van der Waals surface area contributed by atoms with E-state index in [0.717, 1.165) is 5.56 Å². The monoisotopic (exact) mass is 219 g/mol. The van der Waals surface area contributed by atoms with Crippen LogP contribution in [0.4, 0.5) is 0 Å². The molecule has 1 aromatic carbocycles. The molecule has 1 rings (SSSR count). The van der Waals surface area contributed by atoms with Gasteiger partial charge in [-0.3, -0.25) is 14.8 Å². The number of hydrogen-bond acceptors (Lipinski definition) is 3. The molecule has 0 aromatic heterocycles. The second kappa shape index (κ2) is 5.82. The number of rotatable bonds is 4. The molecule has 4 nitrogen and oxygen atoms in total. The summed E-state index contributed by atoms with van der Waals surface area (Å²) in [4.78, 5) is 22.2. The van der Waals surface area contributed by atoms with Gasteiger partial charge in [0.05, 0.1) is 0 Å². The van der Waals surface area contributed by atoms with Crippen molar-refractivity contribution in [3.8, 4) is 0 Å². The first kappa shape index (κ1) is 12.1. The summed E-state index contributed by atoms with van der Waals surface area (Å²) in [6, 6.07) is 6.61. The summed E-state index contributed by atoms with van der Waals surface area (Å²) >= 11 is 0. The molecular formula is C12H13NO3. The van der Waals surface area contributed by atoms with Gasteiger partial charge in [-0.2, -0.15) is 0 Å². The third-order valence-corrected chi connectivity index (χ3v) is 2.06. The highest BCUT2D eigenvalue weighted by atomic mass is 16.5. The van der Waals surface area contributed by atoms with Crippen LogP contribution in [0, 0.1) is 0 Å². The summed E-state index contributed by atoms with van der Waals surface area (Å²) in [5, 5.41) is 8.46. The normalized spacial score (nSPS) is 10.4. The first-order chi connectivity index (χ1) is 7.67. The topological polar surface area (TPSA) is 66.4 Å². The molecule has 84 valence electrons. The van der Waals surface area contributed by atoms with Gasteiger partial charge < -0.3 is 0 Å². The van der Waals surface area contributed by atoms with E-state index >= 15 is 0 Å². The Morgan fingerprint density at radius 2 is 2.19 bits per heavy atom. The van der Waals surface area contributed by atoms with Crippen LogP contribution in [0.3, 0.4) is 0 Å². The lowest BCUT2D eigenvalue weighted by atomic mass is 10.1. The molecule has 16 heavy (non-hydrogen) atoms. The number of hydrogen-bond donors (Lipinski definition) is 2. The summed E-state index contributed by atoms with van der Waals surface area (Å²) in [7, 11) is 0. The lowest BCUT2D eigenvalue weighted by molar-refractivity contribution is -0.114. The average Bonchev–Trinajstić information content (AvgIpc) is 2.35. The van der Waals surface area contributed by atoms with Crippen molar-refractivity contribution in [1.29, 1.82) is 0 Å². The molecule has 1 aromatic rings. The van der Waals surface area contributed by atoms with Crippen LogP contribution in [0.2, 0.25) is 0 Å². The predicted molar refractivity (Wildman–Crippen MR) is 60.0 cm³/mol. The highest BCUT2D eigenvalue weighted by Crippen LogP contribution is 2.07. The molecule has 0 aliphatic rings. The van der Waals surface area contributed by atoms with Crippen LogP contribution in [0.25, 0.3) is 6.08 Å². The summed E-state index contributed by atoms with van der Waals surface area (Å²) in [6.45, 7) is 1.78. The van der Waals surface area contributed by atoms with Crippen molar-refractivity contribution in [2.75, 3.05) is 0 Å². The number of nitrogens with one attached hydrogen (secondary N) is 1. The fraction of sp³-hybridized carbons (Fsp3) is 0.167. The van der Waals surface area contributed by atoms with Gasteiger partial charge in [0.15, 0.2) is 5.78 Å². The number of allylic oxidation sites excluding steroid dienone is 1. The predicted octanol–water partition coefficient (Wildman–Crippen LogP) is 1.80. The zero-order valence-electron chi connectivity index (χ0n) is 8.93. The maximum Gasteiger partial charge on any atom is 0.274 e. The van der Waals surface area contributed by atoms with Crippen LogP contribution in [0.5, 0.6) is 0 Å². The molecule has 0 radical (unpaired) electrons. The lowest BCUT2D eigenvalue weighted by Crippen LogP contribution is -2.18. The Morgan fingerprint density at radius 3 is 2.81 bits per heavy atom. The van der Waals surface area contributed by atoms with Crippen LogP contribution >= 0.6 is 0 Å². The molecule has 0 fully saturated rings. The Morgan fingerprint density at radius 1 is 1.44 bits per heavy atom. The Kier molecular flexibility index (Phi) is 4.42. The van der Waals surface area contributed by atoms with E-state index in [2.05, 4.69) is 0 Å². The summed E-state index contributed by atoms with van der Waals surface area (Å²) < 4.78 is 0. The van der Waals surface area contributed by atoms with E-state index in [-0.39, 0.29) is 5.78 Å². The van der Waals surface area contributed by atoms with E-state index in [1.54, 1.807) is 42.7 Å².